The molecule has 0 spiro atoms. The minimum Gasteiger partial charge on any atom is -0.382 e. The second kappa shape index (κ2) is 16.5. The van der Waals surface area contributed by atoms with Crippen molar-refractivity contribution in [3.8, 4) is 11.9 Å². The number of fused-ring (bicyclic) bond motifs is 1. The van der Waals surface area contributed by atoms with Gasteiger partial charge in [-0.3, -0.25) is 19.7 Å². The number of nitrogens with one attached hydrogen (secondary N) is 4. The molecule has 4 fully saturated rings. The molecule has 4 aromatic rings. The third-order valence-corrected chi connectivity index (χ3v) is 10.8. The number of carbonyl (C=O) groups excluding carboxylic acids is 3. The Morgan fingerprint density at radius 1 is 0.925 bits per heavy atom. The SMILES string of the molecule is CNCC1CCN(c2ccc(C3CCC(=O)NC3=O)cc2)CC1.N#Cc1cnc2c(cnn2-c2cc(NC3CC3)c(C(=O)NC3CCCCC3)cn2)c1. The molecule has 3 amide bonds. The van der Waals surface area contributed by atoms with E-state index in [0.717, 1.165) is 67.9 Å². The number of nitriles is 1. The first kappa shape index (κ1) is 36.0. The molecule has 276 valence electrons. The van der Waals surface area contributed by atoms with Gasteiger partial charge in [0.15, 0.2) is 11.5 Å². The molecular formula is C40H48N10O3. The fraction of sp³-hybridized carbons (Fsp3) is 0.475. The van der Waals surface area contributed by atoms with Gasteiger partial charge in [0.05, 0.1) is 28.9 Å². The Bertz CT molecular complexity index is 1970. The van der Waals surface area contributed by atoms with E-state index >= 15 is 0 Å². The zero-order chi connectivity index (χ0) is 36.7. The van der Waals surface area contributed by atoms with Crippen LogP contribution in [0.15, 0.2) is 55.0 Å². The molecule has 2 saturated carbocycles. The van der Waals surface area contributed by atoms with Gasteiger partial charge >= 0.3 is 0 Å². The van der Waals surface area contributed by atoms with Crippen molar-refractivity contribution in [3.63, 3.8) is 0 Å². The highest BCUT2D eigenvalue weighted by Crippen LogP contribution is 2.30. The number of carbonyl (C=O) groups is 3. The predicted octanol–water partition coefficient (Wildman–Crippen LogP) is 4.97. The summed E-state index contributed by atoms with van der Waals surface area (Å²) < 4.78 is 1.64. The number of benzene rings is 1. The number of hydrogen-bond donors (Lipinski definition) is 4. The Hall–Kier alpha value is -5.35. The van der Waals surface area contributed by atoms with Crippen molar-refractivity contribution >= 4 is 40.1 Å². The summed E-state index contributed by atoms with van der Waals surface area (Å²) in [5.41, 5.74) is 4.67. The molecule has 3 aromatic heterocycles. The van der Waals surface area contributed by atoms with Crippen LogP contribution in [0.4, 0.5) is 11.4 Å². The first-order valence-corrected chi connectivity index (χ1v) is 19.0. The van der Waals surface area contributed by atoms with E-state index in [0.29, 0.717) is 41.5 Å². The zero-order valence-corrected chi connectivity index (χ0v) is 30.3. The summed E-state index contributed by atoms with van der Waals surface area (Å²) in [4.78, 5) is 47.4. The minimum atomic E-state index is -0.192. The summed E-state index contributed by atoms with van der Waals surface area (Å²) in [6.07, 6.45) is 16.2. The highest BCUT2D eigenvalue weighted by Gasteiger charge is 2.29. The van der Waals surface area contributed by atoms with Crippen molar-refractivity contribution in [2.45, 2.75) is 88.6 Å². The number of aromatic nitrogens is 4. The van der Waals surface area contributed by atoms with Crippen LogP contribution in [-0.4, -0.2) is 76.2 Å². The normalized spacial score (nSPS) is 19.5. The van der Waals surface area contributed by atoms with E-state index in [4.69, 9.17) is 5.26 Å². The average Bonchev–Trinajstić information content (AvgIpc) is 3.90. The lowest BCUT2D eigenvalue weighted by molar-refractivity contribution is -0.134. The van der Waals surface area contributed by atoms with E-state index < -0.39 is 0 Å². The van der Waals surface area contributed by atoms with Gasteiger partial charge in [-0.1, -0.05) is 31.4 Å². The highest BCUT2D eigenvalue weighted by atomic mass is 16.2. The lowest BCUT2D eigenvalue weighted by Crippen LogP contribution is -2.39. The molecule has 5 heterocycles. The largest absolute Gasteiger partial charge is 0.382 e. The van der Waals surface area contributed by atoms with Gasteiger partial charge < -0.3 is 20.9 Å². The number of nitrogens with zero attached hydrogens (tertiary/aromatic N) is 6. The van der Waals surface area contributed by atoms with Crippen molar-refractivity contribution in [2.24, 2.45) is 5.92 Å². The van der Waals surface area contributed by atoms with Gasteiger partial charge in [0.1, 0.15) is 6.07 Å². The third kappa shape index (κ3) is 8.83. The summed E-state index contributed by atoms with van der Waals surface area (Å²) in [6.45, 7) is 3.27. The summed E-state index contributed by atoms with van der Waals surface area (Å²) in [5.74, 6) is 0.766. The van der Waals surface area contributed by atoms with Crippen LogP contribution in [0, 0.1) is 17.2 Å². The van der Waals surface area contributed by atoms with Gasteiger partial charge in [-0.05, 0) is 88.2 Å². The summed E-state index contributed by atoms with van der Waals surface area (Å²) in [7, 11) is 2.01. The zero-order valence-electron chi connectivity index (χ0n) is 30.3. The van der Waals surface area contributed by atoms with Crippen molar-refractivity contribution in [2.75, 3.05) is 36.9 Å². The molecule has 13 nitrogen and oxygen atoms in total. The molecule has 4 N–H and O–H groups in total. The highest BCUT2D eigenvalue weighted by molar-refractivity contribution is 6.01. The molecule has 0 bridgehead atoms. The van der Waals surface area contributed by atoms with Gasteiger partial charge in [-0.15, -0.1) is 0 Å². The van der Waals surface area contributed by atoms with Crippen molar-refractivity contribution in [1.82, 2.24) is 35.7 Å². The van der Waals surface area contributed by atoms with Gasteiger partial charge in [-0.2, -0.15) is 15.0 Å². The van der Waals surface area contributed by atoms with Crippen molar-refractivity contribution in [3.05, 3.63) is 71.7 Å². The monoisotopic (exact) mass is 716 g/mol. The molecule has 4 aliphatic rings. The minimum absolute atomic E-state index is 0.0776. The van der Waals surface area contributed by atoms with Crippen LogP contribution in [0.1, 0.15) is 98.0 Å². The molecule has 2 aliphatic heterocycles. The molecule has 13 heteroatoms. The Kier molecular flexibility index (Phi) is 11.2. The van der Waals surface area contributed by atoms with Crippen LogP contribution in [0.25, 0.3) is 16.9 Å². The molecule has 0 radical (unpaired) electrons. The van der Waals surface area contributed by atoms with Crippen LogP contribution in [0.2, 0.25) is 0 Å². The number of hydrogen-bond acceptors (Lipinski definition) is 10. The average molecular weight is 717 g/mol. The van der Waals surface area contributed by atoms with Crippen molar-refractivity contribution < 1.29 is 14.4 Å². The second-order valence-electron chi connectivity index (χ2n) is 14.7. The third-order valence-electron chi connectivity index (χ3n) is 10.8. The molecule has 8 rings (SSSR count). The Morgan fingerprint density at radius 3 is 2.40 bits per heavy atom. The van der Waals surface area contributed by atoms with E-state index in [1.807, 2.05) is 25.2 Å². The van der Waals surface area contributed by atoms with Gasteiger partial charge in [0, 0.05) is 61.1 Å². The van der Waals surface area contributed by atoms with Crippen LogP contribution >= 0.6 is 0 Å². The topological polar surface area (TPSA) is 170 Å². The lowest BCUT2D eigenvalue weighted by Gasteiger charge is -2.33. The van der Waals surface area contributed by atoms with Crippen LogP contribution in [0.5, 0.6) is 0 Å². The maximum absolute atomic E-state index is 13.0. The predicted molar refractivity (Wildman–Crippen MR) is 203 cm³/mol. The standard InChI is InChI=1S/C22H23N7O.C18H25N3O2/c23-10-14-8-15-12-26-29(21(15)25-11-14)20-9-19(27-17-6-7-17)18(13-24-20)22(30)28-16-4-2-1-3-5-16;1-19-12-13-8-10-21(11-9-13)15-4-2-14(3-5-15)16-6-7-17(22)20-18(16)23/h8-9,11-13,16-17H,1-7H2,(H,24,27)(H,28,30);2-5,13,16,19H,6-12H2,1H3,(H,20,22,23). The van der Waals surface area contributed by atoms with Gasteiger partial charge in [-0.25, -0.2) is 9.97 Å². The number of pyridine rings is 2. The molecule has 2 aliphatic carbocycles. The van der Waals surface area contributed by atoms with Crippen LogP contribution in [0.3, 0.4) is 0 Å². The number of imide groups is 1. The number of anilines is 2. The van der Waals surface area contributed by atoms with E-state index in [9.17, 15) is 14.4 Å². The maximum atomic E-state index is 13.0. The number of piperidine rings is 2. The molecular weight excluding hydrogens is 669 g/mol. The molecule has 1 aromatic carbocycles. The fourth-order valence-electron chi connectivity index (χ4n) is 7.58. The first-order valence-electron chi connectivity index (χ1n) is 19.0. The lowest BCUT2D eigenvalue weighted by atomic mass is 9.90. The van der Waals surface area contributed by atoms with Crippen molar-refractivity contribution in [1.29, 1.82) is 5.26 Å². The van der Waals surface area contributed by atoms with E-state index in [-0.39, 0.29) is 29.7 Å². The number of rotatable bonds is 9. The van der Waals surface area contributed by atoms with Crippen LogP contribution in [-0.2, 0) is 9.59 Å². The Morgan fingerprint density at radius 2 is 1.70 bits per heavy atom. The summed E-state index contributed by atoms with van der Waals surface area (Å²) in [6, 6.07) is 14.6. The number of amides is 3. The Labute approximate surface area is 309 Å². The maximum Gasteiger partial charge on any atom is 0.255 e. The summed E-state index contributed by atoms with van der Waals surface area (Å²) >= 11 is 0. The first-order chi connectivity index (χ1) is 25.9. The van der Waals surface area contributed by atoms with Gasteiger partial charge in [0.25, 0.3) is 5.91 Å². The van der Waals surface area contributed by atoms with E-state index in [2.05, 4.69) is 59.4 Å². The van der Waals surface area contributed by atoms with E-state index in [1.54, 1.807) is 23.1 Å². The smallest absolute Gasteiger partial charge is 0.255 e. The second-order valence-corrected chi connectivity index (χ2v) is 14.7. The van der Waals surface area contributed by atoms with E-state index in [1.165, 1.54) is 44.0 Å². The molecule has 1 atom stereocenters. The molecule has 2 saturated heterocycles. The molecule has 53 heavy (non-hydrogen) atoms. The summed E-state index contributed by atoms with van der Waals surface area (Å²) in [5, 5.41) is 26.6. The Balaban J connectivity index is 0.000000170. The quantitative estimate of drug-likeness (QED) is 0.174. The fourth-order valence-corrected chi connectivity index (χ4v) is 7.58. The van der Waals surface area contributed by atoms with Gasteiger partial charge in [0.2, 0.25) is 11.8 Å². The molecule has 1 unspecified atom stereocenters. The van der Waals surface area contributed by atoms with Crippen LogP contribution < -0.4 is 26.2 Å².